The van der Waals surface area contributed by atoms with Gasteiger partial charge in [0, 0.05) is 0 Å². The molecule has 1 aromatic rings. The molecule has 0 heterocycles. The molecule has 0 saturated carbocycles. The van der Waals surface area contributed by atoms with E-state index in [9.17, 15) is 4.79 Å². The molecule has 1 aromatic carbocycles. The smallest absolute Gasteiger partial charge is 0.313 e. The van der Waals surface area contributed by atoms with Crippen molar-refractivity contribution in [2.75, 3.05) is 20.8 Å². The first-order valence-corrected chi connectivity index (χ1v) is 5.52. The number of rotatable bonds is 5. The third-order valence-corrected chi connectivity index (χ3v) is 2.55. The number of hydrogen-bond acceptors (Lipinski definition) is 4. The third kappa shape index (κ3) is 3.12. The topological polar surface area (TPSA) is 44.8 Å². The van der Waals surface area contributed by atoms with E-state index in [1.54, 1.807) is 40.2 Å². The van der Waals surface area contributed by atoms with Gasteiger partial charge in [0.25, 0.3) is 0 Å². The van der Waals surface area contributed by atoms with E-state index in [-0.39, 0.29) is 11.9 Å². The highest BCUT2D eigenvalue weighted by Crippen LogP contribution is 2.30. The van der Waals surface area contributed by atoms with Crippen molar-refractivity contribution >= 4 is 5.97 Å². The van der Waals surface area contributed by atoms with Crippen molar-refractivity contribution in [1.82, 2.24) is 0 Å². The van der Waals surface area contributed by atoms with Crippen LogP contribution in [0.2, 0.25) is 0 Å². The summed E-state index contributed by atoms with van der Waals surface area (Å²) in [5.74, 6) is 0.711. The molecule has 0 amide bonds. The summed E-state index contributed by atoms with van der Waals surface area (Å²) in [5.41, 5.74) is 0.848. The van der Waals surface area contributed by atoms with E-state index in [1.165, 1.54) is 0 Å². The van der Waals surface area contributed by atoms with Crippen LogP contribution in [0.5, 0.6) is 11.5 Å². The lowest BCUT2D eigenvalue weighted by molar-refractivity contribution is -0.144. The summed E-state index contributed by atoms with van der Waals surface area (Å²) < 4.78 is 15.3. The second kappa shape index (κ2) is 6.13. The molecular formula is C13H18O4. The average molecular weight is 238 g/mol. The summed E-state index contributed by atoms with van der Waals surface area (Å²) in [5, 5.41) is 0. The van der Waals surface area contributed by atoms with Gasteiger partial charge < -0.3 is 14.2 Å². The van der Waals surface area contributed by atoms with E-state index in [0.717, 1.165) is 5.56 Å². The second-order valence-electron chi connectivity index (χ2n) is 3.59. The molecule has 0 aliphatic rings. The zero-order valence-corrected chi connectivity index (χ0v) is 10.6. The fraction of sp³-hybridized carbons (Fsp3) is 0.462. The Morgan fingerprint density at radius 2 is 1.88 bits per heavy atom. The van der Waals surface area contributed by atoms with Gasteiger partial charge in [-0.15, -0.1) is 0 Å². The lowest BCUT2D eigenvalue weighted by Crippen LogP contribution is -2.13. The van der Waals surface area contributed by atoms with Crippen molar-refractivity contribution in [1.29, 1.82) is 0 Å². The Balaban J connectivity index is 2.95. The zero-order chi connectivity index (χ0) is 12.8. The van der Waals surface area contributed by atoms with Gasteiger partial charge in [-0.2, -0.15) is 0 Å². The predicted molar refractivity (Wildman–Crippen MR) is 64.6 cm³/mol. The van der Waals surface area contributed by atoms with Crippen molar-refractivity contribution in [3.63, 3.8) is 0 Å². The lowest BCUT2D eigenvalue weighted by atomic mass is 10.0. The standard InChI is InChI=1S/C13H18O4/c1-5-17-13(14)9(2)10-6-7-11(15-3)12(8-10)16-4/h6-9H,5H2,1-4H3/t9-/m1/s1. The zero-order valence-electron chi connectivity index (χ0n) is 10.6. The molecule has 4 nitrogen and oxygen atoms in total. The van der Waals surface area contributed by atoms with Crippen LogP contribution in [-0.2, 0) is 9.53 Å². The molecule has 0 fully saturated rings. The van der Waals surface area contributed by atoms with E-state index < -0.39 is 0 Å². The highest BCUT2D eigenvalue weighted by atomic mass is 16.5. The first-order valence-electron chi connectivity index (χ1n) is 5.52. The summed E-state index contributed by atoms with van der Waals surface area (Å²) in [6.07, 6.45) is 0. The highest BCUT2D eigenvalue weighted by Gasteiger charge is 2.18. The van der Waals surface area contributed by atoms with Crippen LogP contribution in [-0.4, -0.2) is 26.8 Å². The minimum Gasteiger partial charge on any atom is -0.493 e. The second-order valence-corrected chi connectivity index (χ2v) is 3.59. The van der Waals surface area contributed by atoms with Crippen LogP contribution < -0.4 is 9.47 Å². The van der Waals surface area contributed by atoms with Gasteiger partial charge in [0.2, 0.25) is 0 Å². The van der Waals surface area contributed by atoms with Crippen LogP contribution in [0.3, 0.4) is 0 Å². The maximum atomic E-state index is 11.6. The van der Waals surface area contributed by atoms with E-state index >= 15 is 0 Å². The van der Waals surface area contributed by atoms with Gasteiger partial charge in [0.1, 0.15) is 0 Å². The molecule has 0 saturated heterocycles. The van der Waals surface area contributed by atoms with Crippen molar-refractivity contribution in [2.45, 2.75) is 19.8 Å². The van der Waals surface area contributed by atoms with E-state index in [0.29, 0.717) is 18.1 Å². The average Bonchev–Trinajstić information content (AvgIpc) is 2.37. The molecule has 0 unspecified atom stereocenters. The Hall–Kier alpha value is -1.71. The van der Waals surface area contributed by atoms with Gasteiger partial charge in [-0.05, 0) is 31.5 Å². The Morgan fingerprint density at radius 3 is 2.41 bits per heavy atom. The molecule has 1 rings (SSSR count). The van der Waals surface area contributed by atoms with Crippen molar-refractivity contribution in [3.8, 4) is 11.5 Å². The maximum absolute atomic E-state index is 11.6. The van der Waals surface area contributed by atoms with Crippen LogP contribution in [0.4, 0.5) is 0 Å². The van der Waals surface area contributed by atoms with Crippen LogP contribution in [0.25, 0.3) is 0 Å². The van der Waals surface area contributed by atoms with E-state index in [1.807, 2.05) is 6.07 Å². The van der Waals surface area contributed by atoms with Crippen molar-refractivity contribution < 1.29 is 19.0 Å². The molecule has 1 atom stereocenters. The number of ether oxygens (including phenoxy) is 3. The van der Waals surface area contributed by atoms with Gasteiger partial charge in [-0.1, -0.05) is 6.07 Å². The lowest BCUT2D eigenvalue weighted by Gasteiger charge is -2.13. The van der Waals surface area contributed by atoms with Gasteiger partial charge >= 0.3 is 5.97 Å². The number of hydrogen-bond donors (Lipinski definition) is 0. The number of carbonyl (C=O) groups excluding carboxylic acids is 1. The Kier molecular flexibility index (Phi) is 4.82. The molecule has 17 heavy (non-hydrogen) atoms. The molecule has 0 aliphatic carbocycles. The van der Waals surface area contributed by atoms with Crippen LogP contribution in [0.1, 0.15) is 25.3 Å². The monoisotopic (exact) mass is 238 g/mol. The molecule has 0 spiro atoms. The predicted octanol–water partition coefficient (Wildman–Crippen LogP) is 2.37. The minimum atomic E-state index is -0.310. The molecule has 94 valence electrons. The summed E-state index contributed by atoms with van der Waals surface area (Å²) in [6.45, 7) is 3.98. The third-order valence-electron chi connectivity index (χ3n) is 2.55. The molecule has 0 aromatic heterocycles. The number of benzene rings is 1. The summed E-state index contributed by atoms with van der Waals surface area (Å²) >= 11 is 0. The normalized spacial score (nSPS) is 11.8. The number of esters is 1. The summed E-state index contributed by atoms with van der Waals surface area (Å²) in [4.78, 5) is 11.6. The maximum Gasteiger partial charge on any atom is 0.313 e. The number of carbonyl (C=O) groups is 1. The van der Waals surface area contributed by atoms with Crippen LogP contribution >= 0.6 is 0 Å². The van der Waals surface area contributed by atoms with E-state index in [4.69, 9.17) is 14.2 Å². The molecule has 0 radical (unpaired) electrons. The fourth-order valence-electron chi connectivity index (χ4n) is 1.53. The van der Waals surface area contributed by atoms with Gasteiger partial charge in [-0.25, -0.2) is 0 Å². The van der Waals surface area contributed by atoms with E-state index in [2.05, 4.69) is 0 Å². The largest absolute Gasteiger partial charge is 0.493 e. The highest BCUT2D eigenvalue weighted by molar-refractivity contribution is 5.78. The van der Waals surface area contributed by atoms with Gasteiger partial charge in [-0.3, -0.25) is 4.79 Å². The van der Waals surface area contributed by atoms with Crippen molar-refractivity contribution in [2.24, 2.45) is 0 Å². The Labute approximate surface area is 101 Å². The quantitative estimate of drug-likeness (QED) is 0.739. The molecular weight excluding hydrogens is 220 g/mol. The van der Waals surface area contributed by atoms with Crippen LogP contribution in [0.15, 0.2) is 18.2 Å². The number of methoxy groups -OCH3 is 2. The summed E-state index contributed by atoms with van der Waals surface area (Å²) in [6, 6.07) is 5.41. The molecule has 0 N–H and O–H groups in total. The first kappa shape index (κ1) is 13.4. The van der Waals surface area contributed by atoms with Crippen LogP contribution in [0, 0.1) is 0 Å². The summed E-state index contributed by atoms with van der Waals surface area (Å²) in [7, 11) is 3.14. The Bertz CT molecular complexity index is 387. The molecule has 0 aliphatic heterocycles. The SMILES string of the molecule is CCOC(=O)[C@H](C)c1ccc(OC)c(OC)c1. The van der Waals surface area contributed by atoms with Gasteiger partial charge in [0.15, 0.2) is 11.5 Å². The fourth-order valence-corrected chi connectivity index (χ4v) is 1.53. The minimum absolute atomic E-state index is 0.236. The molecule has 4 heteroatoms. The van der Waals surface area contributed by atoms with Gasteiger partial charge in [0.05, 0.1) is 26.7 Å². The molecule has 0 bridgehead atoms. The first-order chi connectivity index (χ1) is 8.13. The Morgan fingerprint density at radius 1 is 1.24 bits per heavy atom. The van der Waals surface area contributed by atoms with Crippen molar-refractivity contribution in [3.05, 3.63) is 23.8 Å².